The van der Waals surface area contributed by atoms with Gasteiger partial charge in [-0.2, -0.15) is 0 Å². The maximum Gasteiger partial charge on any atom is 0.273 e. The Labute approximate surface area is 143 Å². The second-order valence-corrected chi connectivity index (χ2v) is 6.41. The summed E-state index contributed by atoms with van der Waals surface area (Å²) in [4.78, 5) is 22.6. The quantitative estimate of drug-likeness (QED) is 0.415. The molecular formula is C14H10BrIN2O3. The standard InChI is InChI=1S/C14H10BrIN2O3/c1-8-2-3-9(6-13(8)18(20)21)14(19)17-12-5-4-10(15)7-11(12)16/h2-7H,1H3,(H,17,19). The number of amides is 1. The minimum Gasteiger partial charge on any atom is -0.321 e. The van der Waals surface area contributed by atoms with Crippen LogP contribution >= 0.6 is 38.5 Å². The smallest absolute Gasteiger partial charge is 0.273 e. The summed E-state index contributed by atoms with van der Waals surface area (Å²) in [6.07, 6.45) is 0. The Bertz CT molecular complexity index is 734. The summed E-state index contributed by atoms with van der Waals surface area (Å²) in [7, 11) is 0. The van der Waals surface area contributed by atoms with Gasteiger partial charge in [0, 0.05) is 25.2 Å². The van der Waals surface area contributed by atoms with Crippen LogP contribution in [0.15, 0.2) is 40.9 Å². The van der Waals surface area contributed by atoms with Crippen LogP contribution in [0.5, 0.6) is 0 Å². The zero-order valence-electron chi connectivity index (χ0n) is 10.9. The summed E-state index contributed by atoms with van der Waals surface area (Å²) in [5, 5.41) is 13.7. The van der Waals surface area contributed by atoms with Crippen LogP contribution in [-0.4, -0.2) is 10.8 Å². The fourth-order valence-electron chi connectivity index (χ4n) is 1.73. The van der Waals surface area contributed by atoms with E-state index in [0.717, 1.165) is 8.04 Å². The van der Waals surface area contributed by atoms with E-state index in [9.17, 15) is 14.9 Å². The Hall–Kier alpha value is -1.48. The van der Waals surface area contributed by atoms with Crippen LogP contribution in [0.25, 0.3) is 0 Å². The first kappa shape index (κ1) is 15.9. The van der Waals surface area contributed by atoms with Crippen molar-refractivity contribution in [2.24, 2.45) is 0 Å². The molecular weight excluding hydrogens is 451 g/mol. The van der Waals surface area contributed by atoms with Crippen molar-refractivity contribution in [2.45, 2.75) is 6.92 Å². The van der Waals surface area contributed by atoms with Gasteiger partial charge in [0.15, 0.2) is 0 Å². The average molecular weight is 461 g/mol. The Balaban J connectivity index is 2.28. The number of rotatable bonds is 3. The molecule has 0 saturated carbocycles. The van der Waals surface area contributed by atoms with Crippen molar-refractivity contribution >= 4 is 55.8 Å². The van der Waals surface area contributed by atoms with E-state index in [4.69, 9.17) is 0 Å². The highest BCUT2D eigenvalue weighted by Crippen LogP contribution is 2.24. The molecule has 0 unspecified atom stereocenters. The molecule has 0 aliphatic rings. The van der Waals surface area contributed by atoms with Gasteiger partial charge in [-0.1, -0.05) is 22.0 Å². The molecule has 7 heteroatoms. The van der Waals surface area contributed by atoms with Crippen LogP contribution in [0.1, 0.15) is 15.9 Å². The van der Waals surface area contributed by atoms with Crippen molar-refractivity contribution < 1.29 is 9.72 Å². The number of nitro groups is 1. The molecule has 5 nitrogen and oxygen atoms in total. The minimum absolute atomic E-state index is 0.0619. The van der Waals surface area contributed by atoms with Crippen LogP contribution in [0.4, 0.5) is 11.4 Å². The van der Waals surface area contributed by atoms with Crippen molar-refractivity contribution in [1.82, 2.24) is 0 Å². The van der Waals surface area contributed by atoms with E-state index in [0.29, 0.717) is 11.3 Å². The zero-order valence-corrected chi connectivity index (χ0v) is 14.6. The lowest BCUT2D eigenvalue weighted by molar-refractivity contribution is -0.385. The number of carbonyl (C=O) groups excluding carboxylic acids is 1. The lowest BCUT2D eigenvalue weighted by atomic mass is 10.1. The van der Waals surface area contributed by atoms with Gasteiger partial charge in [-0.15, -0.1) is 0 Å². The van der Waals surface area contributed by atoms with Gasteiger partial charge in [-0.3, -0.25) is 14.9 Å². The molecule has 0 aliphatic carbocycles. The van der Waals surface area contributed by atoms with Crippen molar-refractivity contribution in [1.29, 1.82) is 0 Å². The maximum atomic E-state index is 12.2. The molecule has 1 amide bonds. The predicted molar refractivity (Wildman–Crippen MR) is 92.6 cm³/mol. The summed E-state index contributed by atoms with van der Waals surface area (Å²) in [6, 6.07) is 9.88. The van der Waals surface area contributed by atoms with E-state index < -0.39 is 4.92 Å². The van der Waals surface area contributed by atoms with Crippen molar-refractivity contribution in [3.05, 3.63) is 65.7 Å². The van der Waals surface area contributed by atoms with Crippen LogP contribution in [0.3, 0.4) is 0 Å². The van der Waals surface area contributed by atoms with Gasteiger partial charge in [0.2, 0.25) is 0 Å². The molecule has 0 saturated heterocycles. The number of aryl methyl sites for hydroxylation is 1. The molecule has 0 spiro atoms. The molecule has 0 heterocycles. The normalized spacial score (nSPS) is 10.2. The van der Waals surface area contributed by atoms with Gasteiger partial charge in [-0.25, -0.2) is 0 Å². The van der Waals surface area contributed by atoms with E-state index in [-0.39, 0.29) is 17.2 Å². The maximum absolute atomic E-state index is 12.2. The molecule has 21 heavy (non-hydrogen) atoms. The molecule has 0 aliphatic heterocycles. The third-order valence-electron chi connectivity index (χ3n) is 2.85. The van der Waals surface area contributed by atoms with Gasteiger partial charge in [-0.05, 0) is 53.8 Å². The number of benzene rings is 2. The van der Waals surface area contributed by atoms with Crippen molar-refractivity contribution in [3.8, 4) is 0 Å². The SMILES string of the molecule is Cc1ccc(C(=O)Nc2ccc(Br)cc2I)cc1[N+](=O)[O-]. The molecule has 108 valence electrons. The summed E-state index contributed by atoms with van der Waals surface area (Å²) < 4.78 is 1.79. The zero-order chi connectivity index (χ0) is 15.6. The largest absolute Gasteiger partial charge is 0.321 e. The third-order valence-corrected chi connectivity index (χ3v) is 4.23. The fourth-order valence-corrected chi connectivity index (χ4v) is 3.17. The molecule has 0 fully saturated rings. The lowest BCUT2D eigenvalue weighted by Gasteiger charge is -2.08. The van der Waals surface area contributed by atoms with E-state index in [1.165, 1.54) is 6.07 Å². The number of hydrogen-bond acceptors (Lipinski definition) is 3. The Morgan fingerprint density at radius 3 is 2.62 bits per heavy atom. The van der Waals surface area contributed by atoms with Crippen LogP contribution in [0, 0.1) is 20.6 Å². The molecule has 0 aromatic heterocycles. The first-order chi connectivity index (χ1) is 9.88. The number of carbonyl (C=O) groups is 1. The number of hydrogen-bond donors (Lipinski definition) is 1. The highest BCUT2D eigenvalue weighted by Gasteiger charge is 2.15. The number of anilines is 1. The number of nitrogens with zero attached hydrogens (tertiary/aromatic N) is 1. The number of nitrogens with one attached hydrogen (secondary N) is 1. The van der Waals surface area contributed by atoms with Gasteiger partial charge in [0.25, 0.3) is 11.6 Å². The van der Waals surface area contributed by atoms with E-state index in [2.05, 4.69) is 43.8 Å². The molecule has 0 radical (unpaired) electrons. The molecule has 2 aromatic carbocycles. The fraction of sp³-hybridized carbons (Fsp3) is 0.0714. The topological polar surface area (TPSA) is 72.2 Å². The van der Waals surface area contributed by atoms with Crippen LogP contribution in [0.2, 0.25) is 0 Å². The minimum atomic E-state index is -0.491. The molecule has 1 N–H and O–H groups in total. The van der Waals surface area contributed by atoms with Crippen molar-refractivity contribution in [2.75, 3.05) is 5.32 Å². The van der Waals surface area contributed by atoms with Gasteiger partial charge < -0.3 is 5.32 Å². The van der Waals surface area contributed by atoms with Gasteiger partial charge in [0.1, 0.15) is 0 Å². The average Bonchev–Trinajstić information content (AvgIpc) is 2.42. The molecule has 0 atom stereocenters. The number of halogens is 2. The monoisotopic (exact) mass is 460 g/mol. The predicted octanol–water partition coefficient (Wildman–Crippen LogP) is 4.52. The third kappa shape index (κ3) is 3.79. The lowest BCUT2D eigenvalue weighted by Crippen LogP contribution is -2.13. The summed E-state index contributed by atoms with van der Waals surface area (Å²) in [6.45, 7) is 1.64. The summed E-state index contributed by atoms with van der Waals surface area (Å²) in [5.41, 5.74) is 1.38. The molecule has 0 bridgehead atoms. The van der Waals surface area contributed by atoms with Crippen molar-refractivity contribution in [3.63, 3.8) is 0 Å². The van der Waals surface area contributed by atoms with E-state index >= 15 is 0 Å². The Morgan fingerprint density at radius 2 is 2.00 bits per heavy atom. The molecule has 2 aromatic rings. The first-order valence-corrected chi connectivity index (χ1v) is 7.77. The highest BCUT2D eigenvalue weighted by atomic mass is 127. The number of nitro benzene ring substituents is 1. The summed E-state index contributed by atoms with van der Waals surface area (Å²) in [5.74, 6) is -0.377. The second-order valence-electron chi connectivity index (χ2n) is 4.34. The Kier molecular flexibility index (Phi) is 4.94. The van der Waals surface area contributed by atoms with Gasteiger partial charge in [0.05, 0.1) is 10.6 Å². The highest BCUT2D eigenvalue weighted by molar-refractivity contribution is 14.1. The summed E-state index contributed by atoms with van der Waals surface area (Å²) >= 11 is 5.46. The van der Waals surface area contributed by atoms with E-state index in [1.54, 1.807) is 25.1 Å². The van der Waals surface area contributed by atoms with E-state index in [1.807, 2.05) is 12.1 Å². The van der Waals surface area contributed by atoms with Crippen LogP contribution in [-0.2, 0) is 0 Å². The van der Waals surface area contributed by atoms with Crippen LogP contribution < -0.4 is 5.32 Å². The second kappa shape index (κ2) is 6.52. The molecule has 2 rings (SSSR count). The first-order valence-electron chi connectivity index (χ1n) is 5.90. The van der Waals surface area contributed by atoms with Gasteiger partial charge >= 0.3 is 0 Å². The Morgan fingerprint density at radius 1 is 1.29 bits per heavy atom.